The standard InChI is InChI=1S/C19H16N4O3S/c1-11-20-14-9-5-8-13(16(14)18(26)21-11)17(25)22-23-15(24)10-27-19(23)12-6-3-2-4-7-12/h2-9,19H,10H2,1H3,(H,22,25)(H,20,21,26). The first-order valence-corrected chi connectivity index (χ1v) is 9.39. The third-order valence-electron chi connectivity index (χ3n) is 4.27. The van der Waals surface area contributed by atoms with Gasteiger partial charge < -0.3 is 4.98 Å². The Labute approximate surface area is 158 Å². The highest BCUT2D eigenvalue weighted by molar-refractivity contribution is 8.00. The van der Waals surface area contributed by atoms with Gasteiger partial charge in [-0.3, -0.25) is 19.8 Å². The monoisotopic (exact) mass is 380 g/mol. The van der Waals surface area contributed by atoms with Gasteiger partial charge in [-0.05, 0) is 24.6 Å². The Bertz CT molecular complexity index is 1100. The largest absolute Gasteiger partial charge is 0.310 e. The fraction of sp³-hybridized carbons (Fsp3) is 0.158. The number of amides is 2. The van der Waals surface area contributed by atoms with Crippen molar-refractivity contribution >= 4 is 34.5 Å². The Morgan fingerprint density at radius 1 is 1.19 bits per heavy atom. The zero-order valence-corrected chi connectivity index (χ0v) is 15.2. The van der Waals surface area contributed by atoms with E-state index in [1.54, 1.807) is 25.1 Å². The van der Waals surface area contributed by atoms with Gasteiger partial charge in [0, 0.05) is 0 Å². The van der Waals surface area contributed by atoms with Gasteiger partial charge in [-0.15, -0.1) is 11.8 Å². The summed E-state index contributed by atoms with van der Waals surface area (Å²) in [7, 11) is 0. The van der Waals surface area contributed by atoms with Crippen LogP contribution < -0.4 is 11.0 Å². The number of nitrogens with one attached hydrogen (secondary N) is 2. The van der Waals surface area contributed by atoms with Crippen LogP contribution in [-0.2, 0) is 4.79 Å². The second kappa shape index (κ2) is 6.88. The van der Waals surface area contributed by atoms with E-state index in [-0.39, 0.29) is 33.5 Å². The Hall–Kier alpha value is -3.13. The number of aromatic amines is 1. The topological polar surface area (TPSA) is 95.2 Å². The molecule has 1 aromatic heterocycles. The summed E-state index contributed by atoms with van der Waals surface area (Å²) < 4.78 is 0. The zero-order chi connectivity index (χ0) is 19.0. The van der Waals surface area contributed by atoms with Crippen molar-refractivity contribution in [3.8, 4) is 0 Å². The highest BCUT2D eigenvalue weighted by atomic mass is 32.2. The number of benzene rings is 2. The van der Waals surface area contributed by atoms with Crippen molar-refractivity contribution in [3.05, 3.63) is 75.8 Å². The molecule has 1 atom stereocenters. The van der Waals surface area contributed by atoms with Gasteiger partial charge in [0.2, 0.25) is 0 Å². The SMILES string of the molecule is Cc1nc2cccc(C(=O)NN3C(=O)CSC3c3ccccc3)c2c(=O)[nH]1. The molecule has 0 saturated carbocycles. The molecule has 1 aliphatic heterocycles. The van der Waals surface area contributed by atoms with Crippen LogP contribution in [0.15, 0.2) is 53.3 Å². The molecule has 0 radical (unpaired) electrons. The quantitative estimate of drug-likeness (QED) is 0.726. The van der Waals surface area contributed by atoms with E-state index in [1.165, 1.54) is 16.8 Å². The van der Waals surface area contributed by atoms with Gasteiger partial charge in [-0.2, -0.15) is 0 Å². The van der Waals surface area contributed by atoms with E-state index in [4.69, 9.17) is 0 Å². The molecular weight excluding hydrogens is 364 g/mol. The first-order chi connectivity index (χ1) is 13.0. The molecule has 1 saturated heterocycles. The van der Waals surface area contributed by atoms with Gasteiger partial charge in [0.15, 0.2) is 0 Å². The lowest BCUT2D eigenvalue weighted by atomic mass is 10.1. The minimum atomic E-state index is -0.520. The number of carbonyl (C=O) groups excluding carboxylic acids is 2. The molecule has 2 N–H and O–H groups in total. The summed E-state index contributed by atoms with van der Waals surface area (Å²) in [5, 5.41) is 1.23. The van der Waals surface area contributed by atoms with Gasteiger partial charge in [-0.25, -0.2) is 9.99 Å². The number of hydrogen-bond donors (Lipinski definition) is 2. The van der Waals surface area contributed by atoms with Crippen LogP contribution in [0, 0.1) is 6.92 Å². The van der Waals surface area contributed by atoms with E-state index in [0.717, 1.165) is 5.56 Å². The van der Waals surface area contributed by atoms with Crippen molar-refractivity contribution in [3.63, 3.8) is 0 Å². The van der Waals surface area contributed by atoms with E-state index in [1.807, 2.05) is 30.3 Å². The lowest BCUT2D eigenvalue weighted by Gasteiger charge is -2.24. The minimum absolute atomic E-state index is 0.178. The third kappa shape index (κ3) is 3.19. The first-order valence-electron chi connectivity index (χ1n) is 8.34. The Balaban J connectivity index is 1.69. The van der Waals surface area contributed by atoms with Crippen LogP contribution in [0.3, 0.4) is 0 Å². The fourth-order valence-electron chi connectivity index (χ4n) is 3.08. The van der Waals surface area contributed by atoms with Gasteiger partial charge >= 0.3 is 0 Å². The molecule has 1 unspecified atom stereocenters. The molecule has 8 heteroatoms. The normalized spacial score (nSPS) is 16.7. The van der Waals surface area contributed by atoms with Crippen LogP contribution in [0.4, 0.5) is 0 Å². The number of carbonyl (C=O) groups is 2. The van der Waals surface area contributed by atoms with E-state index in [2.05, 4.69) is 15.4 Å². The number of hydrazine groups is 1. The average molecular weight is 380 g/mol. The third-order valence-corrected chi connectivity index (χ3v) is 5.48. The Morgan fingerprint density at radius 3 is 2.74 bits per heavy atom. The molecule has 4 rings (SSSR count). The van der Waals surface area contributed by atoms with Crippen LogP contribution in [0.5, 0.6) is 0 Å². The fourth-order valence-corrected chi connectivity index (χ4v) is 4.18. The maximum atomic E-state index is 12.9. The summed E-state index contributed by atoms with van der Waals surface area (Å²) in [4.78, 5) is 44.4. The number of H-pyrrole nitrogens is 1. The number of hydrogen-bond acceptors (Lipinski definition) is 5. The average Bonchev–Trinajstić information content (AvgIpc) is 3.02. The van der Waals surface area contributed by atoms with Gasteiger partial charge in [0.1, 0.15) is 11.2 Å². The van der Waals surface area contributed by atoms with Crippen molar-refractivity contribution in [2.45, 2.75) is 12.3 Å². The van der Waals surface area contributed by atoms with Crippen molar-refractivity contribution in [1.82, 2.24) is 20.4 Å². The van der Waals surface area contributed by atoms with Crippen LogP contribution in [-0.4, -0.2) is 32.5 Å². The van der Waals surface area contributed by atoms with Gasteiger partial charge in [0.25, 0.3) is 17.4 Å². The molecule has 27 heavy (non-hydrogen) atoms. The Morgan fingerprint density at radius 2 is 1.96 bits per heavy atom. The van der Waals surface area contributed by atoms with E-state index >= 15 is 0 Å². The van der Waals surface area contributed by atoms with E-state index in [0.29, 0.717) is 11.3 Å². The molecular formula is C19H16N4O3S. The van der Waals surface area contributed by atoms with Gasteiger partial charge in [0.05, 0.1) is 22.2 Å². The summed E-state index contributed by atoms with van der Waals surface area (Å²) in [5.74, 6) is 0.0376. The first kappa shape index (κ1) is 17.3. The molecule has 7 nitrogen and oxygen atoms in total. The number of aryl methyl sites for hydroxylation is 1. The zero-order valence-electron chi connectivity index (χ0n) is 14.4. The summed E-state index contributed by atoms with van der Waals surface area (Å²) in [5.41, 5.74) is 3.82. The second-order valence-corrected chi connectivity index (χ2v) is 7.20. The number of thioether (sulfide) groups is 1. The molecule has 3 aromatic rings. The summed E-state index contributed by atoms with van der Waals surface area (Å²) >= 11 is 1.44. The lowest BCUT2D eigenvalue weighted by Crippen LogP contribution is -2.44. The smallest absolute Gasteiger partial charge is 0.270 e. The molecule has 1 fully saturated rings. The van der Waals surface area contributed by atoms with E-state index < -0.39 is 5.91 Å². The summed E-state index contributed by atoms with van der Waals surface area (Å²) in [6.45, 7) is 1.68. The molecule has 2 aromatic carbocycles. The van der Waals surface area contributed by atoms with Crippen molar-refractivity contribution in [2.75, 3.05) is 5.75 Å². The molecule has 0 aliphatic carbocycles. The number of rotatable bonds is 3. The summed E-state index contributed by atoms with van der Waals surface area (Å²) in [6.07, 6.45) is 0. The molecule has 1 aliphatic rings. The molecule has 136 valence electrons. The van der Waals surface area contributed by atoms with Crippen LogP contribution in [0.2, 0.25) is 0 Å². The number of aromatic nitrogens is 2. The van der Waals surface area contributed by atoms with Crippen molar-refractivity contribution in [2.24, 2.45) is 0 Å². The summed E-state index contributed by atoms with van der Waals surface area (Å²) in [6, 6.07) is 14.4. The predicted molar refractivity (Wildman–Crippen MR) is 103 cm³/mol. The van der Waals surface area contributed by atoms with Crippen LogP contribution in [0.25, 0.3) is 10.9 Å². The highest BCUT2D eigenvalue weighted by Gasteiger charge is 2.34. The lowest BCUT2D eigenvalue weighted by molar-refractivity contribution is -0.130. The van der Waals surface area contributed by atoms with Gasteiger partial charge in [-0.1, -0.05) is 36.4 Å². The highest BCUT2D eigenvalue weighted by Crippen LogP contribution is 2.37. The maximum absolute atomic E-state index is 12.9. The van der Waals surface area contributed by atoms with Crippen molar-refractivity contribution in [1.29, 1.82) is 0 Å². The van der Waals surface area contributed by atoms with Crippen LogP contribution >= 0.6 is 11.8 Å². The predicted octanol–water partition coefficient (Wildman–Crippen LogP) is 2.15. The molecule has 2 heterocycles. The molecule has 0 spiro atoms. The van der Waals surface area contributed by atoms with Crippen LogP contribution in [0.1, 0.15) is 27.1 Å². The van der Waals surface area contributed by atoms with E-state index in [9.17, 15) is 14.4 Å². The maximum Gasteiger partial charge on any atom is 0.270 e. The minimum Gasteiger partial charge on any atom is -0.310 e. The molecule has 2 amide bonds. The molecule has 0 bridgehead atoms. The number of fused-ring (bicyclic) bond motifs is 1. The number of nitrogens with zero attached hydrogens (tertiary/aromatic N) is 2. The van der Waals surface area contributed by atoms with Crippen molar-refractivity contribution < 1.29 is 9.59 Å². The second-order valence-electron chi connectivity index (χ2n) is 6.13. The Kier molecular flexibility index (Phi) is 4.41.